The highest BCUT2D eigenvalue weighted by molar-refractivity contribution is 7.90. The molecule has 3 rings (SSSR count). The third kappa shape index (κ3) is 2.85. The van der Waals surface area contributed by atoms with Gasteiger partial charge in [0.1, 0.15) is 10.7 Å². The minimum atomic E-state index is -3.54. The Kier molecular flexibility index (Phi) is 3.91. The predicted octanol–water partition coefficient (Wildman–Crippen LogP) is 4.09. The maximum absolute atomic E-state index is 14.1. The molecule has 0 fully saturated rings. The molecule has 0 bridgehead atoms. The first-order chi connectivity index (χ1) is 10.4. The van der Waals surface area contributed by atoms with Gasteiger partial charge in [0.2, 0.25) is 0 Å². The number of thiazole rings is 1. The third-order valence-electron chi connectivity index (χ3n) is 3.83. The molecule has 0 N–H and O–H groups in total. The van der Waals surface area contributed by atoms with Gasteiger partial charge in [-0.3, -0.25) is 0 Å². The van der Waals surface area contributed by atoms with Crippen molar-refractivity contribution in [2.24, 2.45) is 0 Å². The molecule has 116 valence electrons. The number of benzene rings is 1. The summed E-state index contributed by atoms with van der Waals surface area (Å²) in [6.07, 6.45) is 3.82. The fourth-order valence-electron chi connectivity index (χ4n) is 2.84. The van der Waals surface area contributed by atoms with Gasteiger partial charge in [-0.2, -0.15) is 0 Å². The average Bonchev–Trinajstić information content (AvgIpc) is 3.05. The van der Waals surface area contributed by atoms with Crippen molar-refractivity contribution in [1.29, 1.82) is 0 Å². The average molecular weight is 337 g/mol. The maximum Gasteiger partial charge on any atom is 0.178 e. The molecule has 1 aromatic heterocycles. The lowest BCUT2D eigenvalue weighted by Gasteiger charge is -2.08. The summed E-state index contributed by atoms with van der Waals surface area (Å²) in [4.78, 5) is 4.27. The van der Waals surface area contributed by atoms with Gasteiger partial charge >= 0.3 is 0 Å². The van der Waals surface area contributed by atoms with Gasteiger partial charge in [0.25, 0.3) is 0 Å². The second-order valence-corrected chi connectivity index (χ2v) is 8.53. The number of allylic oxidation sites excluding steroid dienone is 2. The first-order valence-corrected chi connectivity index (χ1v) is 9.78. The number of aromatic nitrogens is 1. The molecule has 1 aromatic carbocycles. The lowest BCUT2D eigenvalue weighted by atomic mass is 10.0. The van der Waals surface area contributed by atoms with E-state index in [1.165, 1.54) is 12.1 Å². The molecular formula is C16H16FNO2S2. The van der Waals surface area contributed by atoms with E-state index in [-0.39, 0.29) is 4.90 Å². The SMILES string of the molecule is Cc1nc(C2=C(c3ccc(S(C)(=O)=O)c(F)c3)CCC2)cs1. The second kappa shape index (κ2) is 5.59. The van der Waals surface area contributed by atoms with E-state index in [0.717, 1.165) is 52.9 Å². The molecule has 1 aliphatic rings. The highest BCUT2D eigenvalue weighted by atomic mass is 32.2. The summed E-state index contributed by atoms with van der Waals surface area (Å²) in [6.45, 7) is 1.96. The number of hydrogen-bond donors (Lipinski definition) is 0. The van der Waals surface area contributed by atoms with Crippen LogP contribution in [0.2, 0.25) is 0 Å². The molecular weight excluding hydrogens is 321 g/mol. The van der Waals surface area contributed by atoms with Crippen molar-refractivity contribution < 1.29 is 12.8 Å². The van der Waals surface area contributed by atoms with Crippen LogP contribution in [-0.4, -0.2) is 19.7 Å². The minimum absolute atomic E-state index is 0.249. The van der Waals surface area contributed by atoms with Crippen LogP contribution < -0.4 is 0 Å². The molecule has 0 aliphatic heterocycles. The quantitative estimate of drug-likeness (QED) is 0.847. The normalized spacial score (nSPS) is 15.6. The van der Waals surface area contributed by atoms with Gasteiger partial charge in [-0.1, -0.05) is 6.07 Å². The standard InChI is InChI=1S/C16H16FNO2S2/c1-10-18-15(9-21-10)13-5-3-4-12(13)11-6-7-16(14(17)8-11)22(2,19)20/h6-9H,3-5H2,1-2H3. The highest BCUT2D eigenvalue weighted by Crippen LogP contribution is 2.40. The maximum atomic E-state index is 14.1. The summed E-state index contributed by atoms with van der Waals surface area (Å²) in [5.41, 5.74) is 3.94. The molecule has 0 unspecified atom stereocenters. The van der Waals surface area contributed by atoms with Crippen molar-refractivity contribution in [2.75, 3.05) is 6.26 Å². The summed E-state index contributed by atoms with van der Waals surface area (Å²) in [6, 6.07) is 4.38. The van der Waals surface area contributed by atoms with Crippen molar-refractivity contribution in [3.8, 4) is 0 Å². The van der Waals surface area contributed by atoms with Gasteiger partial charge in [-0.25, -0.2) is 17.8 Å². The third-order valence-corrected chi connectivity index (χ3v) is 5.73. The van der Waals surface area contributed by atoms with E-state index >= 15 is 0 Å². The number of aryl methyl sites for hydroxylation is 1. The van der Waals surface area contributed by atoms with E-state index < -0.39 is 15.7 Å². The van der Waals surface area contributed by atoms with E-state index in [2.05, 4.69) is 4.98 Å². The number of halogens is 1. The lowest BCUT2D eigenvalue weighted by molar-refractivity contribution is 0.570. The molecule has 1 aliphatic carbocycles. The van der Waals surface area contributed by atoms with Crippen molar-refractivity contribution in [1.82, 2.24) is 4.98 Å². The Morgan fingerprint density at radius 1 is 1.23 bits per heavy atom. The molecule has 22 heavy (non-hydrogen) atoms. The lowest BCUT2D eigenvalue weighted by Crippen LogP contribution is -2.01. The largest absolute Gasteiger partial charge is 0.242 e. The van der Waals surface area contributed by atoms with Crippen molar-refractivity contribution >= 4 is 32.3 Å². The Morgan fingerprint density at radius 3 is 2.55 bits per heavy atom. The Balaban J connectivity index is 2.08. The van der Waals surface area contributed by atoms with Gasteiger partial charge in [-0.05, 0) is 55.0 Å². The molecule has 0 radical (unpaired) electrons. The zero-order chi connectivity index (χ0) is 15.9. The number of nitrogens with zero attached hydrogens (tertiary/aromatic N) is 1. The van der Waals surface area contributed by atoms with Gasteiger partial charge in [-0.15, -0.1) is 11.3 Å². The molecule has 2 aromatic rings. The van der Waals surface area contributed by atoms with Crippen LogP contribution in [-0.2, 0) is 9.84 Å². The Bertz CT molecular complexity index is 866. The van der Waals surface area contributed by atoms with Crippen LogP contribution in [0.15, 0.2) is 28.5 Å². The summed E-state index contributed by atoms with van der Waals surface area (Å²) in [5.74, 6) is -0.687. The van der Waals surface area contributed by atoms with E-state index in [4.69, 9.17) is 0 Å². The molecule has 6 heteroatoms. The number of rotatable bonds is 3. The summed E-state index contributed by atoms with van der Waals surface area (Å²) in [7, 11) is -3.54. The molecule has 3 nitrogen and oxygen atoms in total. The van der Waals surface area contributed by atoms with Gasteiger partial charge in [0.05, 0.1) is 10.7 Å². The Hall–Kier alpha value is -1.53. The fraction of sp³-hybridized carbons (Fsp3) is 0.312. The Morgan fingerprint density at radius 2 is 1.95 bits per heavy atom. The van der Waals surface area contributed by atoms with Crippen LogP contribution in [0, 0.1) is 12.7 Å². The van der Waals surface area contributed by atoms with Gasteiger partial charge in [0.15, 0.2) is 9.84 Å². The fourth-order valence-corrected chi connectivity index (χ4v) is 4.19. The van der Waals surface area contributed by atoms with Crippen LogP contribution in [0.5, 0.6) is 0 Å². The number of sulfone groups is 1. The van der Waals surface area contributed by atoms with Crippen LogP contribution in [0.1, 0.15) is 35.5 Å². The highest BCUT2D eigenvalue weighted by Gasteiger charge is 2.21. The smallest absolute Gasteiger partial charge is 0.178 e. The van der Waals surface area contributed by atoms with Crippen molar-refractivity contribution in [3.05, 3.63) is 45.7 Å². The predicted molar refractivity (Wildman–Crippen MR) is 87.0 cm³/mol. The number of hydrogen-bond acceptors (Lipinski definition) is 4. The van der Waals surface area contributed by atoms with Crippen molar-refractivity contribution in [2.45, 2.75) is 31.1 Å². The molecule has 0 spiro atoms. The first-order valence-electron chi connectivity index (χ1n) is 7.01. The monoisotopic (exact) mass is 337 g/mol. The van der Waals surface area contributed by atoms with Crippen LogP contribution in [0.4, 0.5) is 4.39 Å². The minimum Gasteiger partial charge on any atom is -0.242 e. The second-order valence-electron chi connectivity index (χ2n) is 5.48. The molecule has 0 atom stereocenters. The topological polar surface area (TPSA) is 47.0 Å². The van der Waals surface area contributed by atoms with E-state index in [1.54, 1.807) is 17.4 Å². The first kappa shape index (κ1) is 15.4. The zero-order valence-corrected chi connectivity index (χ0v) is 14.0. The van der Waals surface area contributed by atoms with Crippen LogP contribution >= 0.6 is 11.3 Å². The van der Waals surface area contributed by atoms with Crippen molar-refractivity contribution in [3.63, 3.8) is 0 Å². The summed E-state index contributed by atoms with van der Waals surface area (Å²) in [5, 5.41) is 3.03. The summed E-state index contributed by atoms with van der Waals surface area (Å²) < 4.78 is 37.1. The summed E-state index contributed by atoms with van der Waals surface area (Å²) >= 11 is 1.60. The van der Waals surface area contributed by atoms with Gasteiger partial charge < -0.3 is 0 Å². The Labute approximate surface area is 133 Å². The van der Waals surface area contributed by atoms with E-state index in [1.807, 2.05) is 12.3 Å². The zero-order valence-electron chi connectivity index (χ0n) is 12.4. The van der Waals surface area contributed by atoms with E-state index in [9.17, 15) is 12.8 Å². The molecule has 0 saturated carbocycles. The van der Waals surface area contributed by atoms with Gasteiger partial charge in [0, 0.05) is 11.6 Å². The van der Waals surface area contributed by atoms with Crippen LogP contribution in [0.3, 0.4) is 0 Å². The van der Waals surface area contributed by atoms with E-state index in [0.29, 0.717) is 0 Å². The molecule has 0 amide bonds. The van der Waals surface area contributed by atoms with Crippen LogP contribution in [0.25, 0.3) is 11.1 Å². The molecule has 1 heterocycles. The molecule has 0 saturated heterocycles.